The second-order valence-electron chi connectivity index (χ2n) is 9.98. The third-order valence-corrected chi connectivity index (χ3v) is 10.3. The lowest BCUT2D eigenvalue weighted by Gasteiger charge is -2.41. The van der Waals surface area contributed by atoms with Crippen LogP contribution in [0.5, 0.6) is 0 Å². The van der Waals surface area contributed by atoms with Crippen molar-refractivity contribution in [2.24, 2.45) is 5.92 Å². The van der Waals surface area contributed by atoms with Gasteiger partial charge in [0.25, 0.3) is 0 Å². The molecule has 0 N–H and O–H groups in total. The normalized spacial score (nSPS) is 14.7. The Morgan fingerprint density at radius 1 is 1.00 bits per heavy atom. The molecule has 0 bridgehead atoms. The van der Waals surface area contributed by atoms with Crippen LogP contribution in [0.15, 0.2) is 42.5 Å². The fourth-order valence-corrected chi connectivity index (χ4v) is 7.94. The van der Waals surface area contributed by atoms with Gasteiger partial charge in [-0.1, -0.05) is 75.7 Å². The lowest BCUT2D eigenvalue weighted by molar-refractivity contribution is -0.130. The van der Waals surface area contributed by atoms with E-state index in [-0.39, 0.29) is 23.4 Å². The molecule has 0 spiro atoms. The van der Waals surface area contributed by atoms with Gasteiger partial charge < -0.3 is 9.46 Å². The first-order chi connectivity index (χ1) is 14.7. The summed E-state index contributed by atoms with van der Waals surface area (Å²) in [5, 5.41) is -0.282. The molecule has 0 saturated carbocycles. The molecular weight excluding hydrogens is 417 g/mol. The van der Waals surface area contributed by atoms with E-state index in [1.54, 1.807) is 31.0 Å². The van der Waals surface area contributed by atoms with E-state index < -0.39 is 12.3 Å². The number of rotatable bonds is 8. The Morgan fingerprint density at radius 2 is 1.50 bits per heavy atom. The van der Waals surface area contributed by atoms with Crippen LogP contribution in [0.2, 0.25) is 0 Å². The number of amides is 1. The summed E-state index contributed by atoms with van der Waals surface area (Å²) in [6.45, 7) is 15.3. The molecule has 4 nitrogen and oxygen atoms in total. The fourth-order valence-electron chi connectivity index (χ4n) is 4.75. The summed E-state index contributed by atoms with van der Waals surface area (Å²) in [7, 11) is -1.81. The average Bonchev–Trinajstić information content (AvgIpc) is 2.70. The van der Waals surface area contributed by atoms with Crippen molar-refractivity contribution in [3.8, 4) is 0 Å². The van der Waals surface area contributed by atoms with E-state index in [4.69, 9.17) is 0 Å². The molecule has 174 valence electrons. The number of nitrogens with zero attached hydrogens (tertiary/aromatic N) is 1. The first kappa shape index (κ1) is 26.1. The van der Waals surface area contributed by atoms with Crippen LogP contribution in [0.3, 0.4) is 0 Å². The minimum Gasteiger partial charge on any atom is -0.343 e. The summed E-state index contributed by atoms with van der Waals surface area (Å²) in [5.41, 5.74) is 3.03. The molecule has 0 fully saturated rings. The van der Waals surface area contributed by atoms with Crippen molar-refractivity contribution in [3.05, 3.63) is 64.7 Å². The fraction of sp³-hybridized carbons (Fsp3) is 0.481. The van der Waals surface area contributed by atoms with Gasteiger partial charge in [-0.2, -0.15) is 0 Å². The zero-order chi connectivity index (χ0) is 24.4. The number of hydrogen-bond donors (Lipinski definition) is 0. The number of carbonyl (C=O) groups excluding carboxylic acids is 2. The summed E-state index contributed by atoms with van der Waals surface area (Å²) < 4.78 is 15.0. The average molecular weight is 456 g/mol. The van der Waals surface area contributed by atoms with Crippen LogP contribution in [-0.4, -0.2) is 34.6 Å². The second kappa shape index (κ2) is 9.75. The molecule has 2 rings (SSSR count). The highest BCUT2D eigenvalue weighted by Crippen LogP contribution is 2.61. The maximum Gasteiger partial charge on any atom is 0.226 e. The summed E-state index contributed by atoms with van der Waals surface area (Å²) >= 11 is 0. The Kier molecular flexibility index (Phi) is 7.94. The van der Waals surface area contributed by atoms with Crippen LogP contribution in [0.25, 0.3) is 0 Å². The molecule has 0 radical (unpaired) electrons. The van der Waals surface area contributed by atoms with Gasteiger partial charge in [0.1, 0.15) is 0 Å². The molecule has 2 atom stereocenters. The van der Waals surface area contributed by atoms with E-state index in [9.17, 15) is 9.59 Å². The van der Waals surface area contributed by atoms with Gasteiger partial charge in [-0.15, -0.1) is 0 Å². The van der Waals surface area contributed by atoms with E-state index in [0.29, 0.717) is 17.3 Å². The Labute approximate surface area is 193 Å². The quantitative estimate of drug-likeness (QED) is 0.451. The number of benzene rings is 2. The van der Waals surface area contributed by atoms with Crippen LogP contribution in [0, 0.1) is 26.7 Å². The second-order valence-corrected chi connectivity index (χ2v) is 13.3. The lowest BCUT2D eigenvalue weighted by Crippen LogP contribution is -2.45. The first-order valence-corrected chi connectivity index (χ1v) is 13.0. The predicted octanol–water partition coefficient (Wildman–Crippen LogP) is 6.11. The van der Waals surface area contributed by atoms with Crippen LogP contribution in [0.1, 0.15) is 68.1 Å². The largest absolute Gasteiger partial charge is 0.343 e. The van der Waals surface area contributed by atoms with Crippen molar-refractivity contribution in [3.63, 3.8) is 0 Å². The van der Waals surface area contributed by atoms with Gasteiger partial charge in [-0.3, -0.25) is 9.59 Å². The third kappa shape index (κ3) is 4.91. The van der Waals surface area contributed by atoms with E-state index in [1.165, 1.54) is 0 Å². The van der Waals surface area contributed by atoms with Crippen LogP contribution in [0.4, 0.5) is 0 Å². The highest BCUT2D eigenvalue weighted by Gasteiger charge is 2.50. The van der Waals surface area contributed by atoms with E-state index in [0.717, 1.165) is 16.7 Å². The number of carbonyl (C=O) groups is 2. The van der Waals surface area contributed by atoms with E-state index in [1.807, 2.05) is 65.0 Å². The number of aryl methyl sites for hydroxylation is 3. The Hall–Kier alpha value is -2.19. The molecule has 0 aliphatic rings. The van der Waals surface area contributed by atoms with Gasteiger partial charge in [0, 0.05) is 36.0 Å². The van der Waals surface area contributed by atoms with Crippen LogP contribution < -0.4 is 5.30 Å². The van der Waals surface area contributed by atoms with Crippen molar-refractivity contribution < 1.29 is 14.2 Å². The summed E-state index contributed by atoms with van der Waals surface area (Å²) in [4.78, 5) is 28.1. The van der Waals surface area contributed by atoms with Gasteiger partial charge in [-0.05, 0) is 44.2 Å². The monoisotopic (exact) mass is 455 g/mol. The molecule has 1 amide bonds. The van der Waals surface area contributed by atoms with Crippen molar-refractivity contribution in [1.29, 1.82) is 0 Å². The SMILES string of the molecule is CC(=O)N(C)C(CC(C)(C)P(=O)(C(=O)c1c(C)cc(C)cc1C)c1ccccc1)C(C)C. The molecule has 0 aliphatic heterocycles. The Balaban J connectivity index is 2.72. The Bertz CT molecular complexity index is 1020. The van der Waals surface area contributed by atoms with Gasteiger partial charge in [0.05, 0.1) is 0 Å². The molecule has 0 saturated heterocycles. The van der Waals surface area contributed by atoms with Crippen LogP contribution >= 0.6 is 7.14 Å². The number of hydrogen-bond acceptors (Lipinski definition) is 3. The molecule has 2 aromatic rings. The molecule has 32 heavy (non-hydrogen) atoms. The van der Waals surface area contributed by atoms with Crippen molar-refractivity contribution in [1.82, 2.24) is 4.90 Å². The maximum absolute atomic E-state index is 15.0. The molecule has 0 aliphatic carbocycles. The van der Waals surface area contributed by atoms with Gasteiger partial charge >= 0.3 is 0 Å². The molecule has 5 heteroatoms. The van der Waals surface area contributed by atoms with Crippen molar-refractivity contribution in [2.75, 3.05) is 7.05 Å². The van der Waals surface area contributed by atoms with Gasteiger partial charge in [0.2, 0.25) is 11.4 Å². The van der Waals surface area contributed by atoms with Crippen molar-refractivity contribution in [2.45, 2.75) is 73.0 Å². The summed E-state index contributed by atoms with van der Waals surface area (Å²) in [6.07, 6.45) is 0.461. The molecule has 0 heterocycles. The smallest absolute Gasteiger partial charge is 0.226 e. The zero-order valence-corrected chi connectivity index (χ0v) is 21.9. The van der Waals surface area contributed by atoms with E-state index in [2.05, 4.69) is 13.8 Å². The topological polar surface area (TPSA) is 54.5 Å². The maximum atomic E-state index is 15.0. The molecule has 2 aromatic carbocycles. The first-order valence-electron chi connectivity index (χ1n) is 11.3. The summed E-state index contributed by atoms with van der Waals surface area (Å²) in [6, 6.07) is 13.0. The van der Waals surface area contributed by atoms with E-state index >= 15 is 4.57 Å². The minimum absolute atomic E-state index is 0.0365. The summed E-state index contributed by atoms with van der Waals surface area (Å²) in [5.74, 6) is 0.121. The van der Waals surface area contributed by atoms with Crippen LogP contribution in [-0.2, 0) is 9.36 Å². The molecule has 2 unspecified atom stereocenters. The van der Waals surface area contributed by atoms with Crippen molar-refractivity contribution >= 4 is 23.9 Å². The molecule has 0 aromatic heterocycles. The standard InChI is InChI=1S/C27H38NO3P/c1-18(2)24(28(9)22(6)29)17-27(7,8)32(31,23-13-11-10-12-14-23)26(30)25-20(4)15-19(3)16-21(25)5/h10-16,18,24H,17H2,1-9H3. The van der Waals surface area contributed by atoms with Gasteiger partial charge in [0.15, 0.2) is 7.14 Å². The molecular formula is C27H38NO3P. The highest BCUT2D eigenvalue weighted by atomic mass is 31.2. The zero-order valence-electron chi connectivity index (χ0n) is 21.0. The lowest BCUT2D eigenvalue weighted by atomic mass is 9.92. The van der Waals surface area contributed by atoms with Gasteiger partial charge in [-0.25, -0.2) is 0 Å². The third-order valence-electron chi connectivity index (χ3n) is 6.62. The highest BCUT2D eigenvalue weighted by molar-refractivity contribution is 7.88. The Morgan fingerprint density at radius 3 is 1.94 bits per heavy atom. The minimum atomic E-state index is -3.60. The predicted molar refractivity (Wildman–Crippen MR) is 134 cm³/mol.